The zero-order valence-corrected chi connectivity index (χ0v) is 32.8. The van der Waals surface area contributed by atoms with E-state index in [0.717, 1.165) is 38.9 Å². The Morgan fingerprint density at radius 3 is 2.05 bits per heavy atom. The molecule has 0 unspecified atom stereocenters. The molecule has 294 valence electrons. The summed E-state index contributed by atoms with van der Waals surface area (Å²) in [5.41, 5.74) is 6.01. The molecule has 4 N–H and O–H groups in total. The number of aliphatic hydroxyl groups excluding tert-OH is 2. The second kappa shape index (κ2) is 18.9. The number of aliphatic hydroxyl groups is 2. The number of nitrogens with one attached hydrogen (secondary N) is 2. The Hall–Kier alpha value is -4.72. The molecule has 1 aliphatic rings. The van der Waals surface area contributed by atoms with Gasteiger partial charge in [-0.1, -0.05) is 127 Å². The van der Waals surface area contributed by atoms with E-state index in [0.29, 0.717) is 13.0 Å². The van der Waals surface area contributed by atoms with Crippen molar-refractivity contribution in [3.8, 4) is 0 Å². The fourth-order valence-electron chi connectivity index (χ4n) is 6.81. The lowest BCUT2D eigenvalue weighted by molar-refractivity contribution is -0.253. The molecule has 6 atom stereocenters. The summed E-state index contributed by atoms with van der Waals surface area (Å²) < 4.78 is 42.4. The van der Waals surface area contributed by atoms with Gasteiger partial charge in [0, 0.05) is 31.1 Å². The van der Waals surface area contributed by atoms with Crippen LogP contribution in [0.4, 0.5) is 0 Å². The molecule has 1 aliphatic heterocycles. The molecule has 5 aromatic carbocycles. The largest absolute Gasteiger partial charge is 0.392 e. The Morgan fingerprint density at radius 1 is 0.804 bits per heavy atom. The third-order valence-electron chi connectivity index (χ3n) is 10.3. The zero-order valence-electron chi connectivity index (χ0n) is 32.0. The highest BCUT2D eigenvalue weighted by Crippen LogP contribution is 2.38. The van der Waals surface area contributed by atoms with E-state index >= 15 is 0 Å². The van der Waals surface area contributed by atoms with Crippen LogP contribution in [-0.4, -0.2) is 61.2 Å². The highest BCUT2D eigenvalue weighted by molar-refractivity contribution is 7.89. The molecule has 0 aromatic heterocycles. The highest BCUT2D eigenvalue weighted by Gasteiger charge is 2.34. The van der Waals surface area contributed by atoms with Crippen molar-refractivity contribution in [1.82, 2.24) is 14.9 Å². The standard InChI is InChI=1S/C45H51N3O7S/c1-31-14-24-40(25-15-31)56(52,53)47-41(26-33-10-6-4-7-11-33)44(51)46-28-34-16-22-38(23-17-34)45-54-39(27-42(55-45)36-20-18-35(30-49)19-21-36)29-48(3)32(2)43(50)37-12-8-5-9-13-37/h4-25,32,39,41-43,45,47,49-50H,26-30H2,1-3H3,(H,46,51)/t32-,39+,41+,42-,43-,45-/m0/s1. The summed E-state index contributed by atoms with van der Waals surface area (Å²) in [6.45, 7) is 4.57. The van der Waals surface area contributed by atoms with E-state index < -0.39 is 34.4 Å². The van der Waals surface area contributed by atoms with Gasteiger partial charge in [0.25, 0.3) is 0 Å². The number of sulfonamides is 1. The fourth-order valence-corrected chi connectivity index (χ4v) is 8.00. The zero-order chi connectivity index (χ0) is 39.7. The minimum atomic E-state index is -3.97. The van der Waals surface area contributed by atoms with Gasteiger partial charge in [0.15, 0.2) is 6.29 Å². The Labute approximate surface area is 330 Å². The second-order valence-corrected chi connectivity index (χ2v) is 16.2. The summed E-state index contributed by atoms with van der Waals surface area (Å²) in [6, 6.07) is 39.5. The summed E-state index contributed by atoms with van der Waals surface area (Å²) in [6.07, 6.45) is -1.09. The average molecular weight is 778 g/mol. The number of hydrogen-bond donors (Lipinski definition) is 4. The number of ether oxygens (including phenoxy) is 2. The number of rotatable bonds is 16. The van der Waals surface area contributed by atoms with Crippen LogP contribution in [0.3, 0.4) is 0 Å². The lowest BCUT2D eigenvalue weighted by Gasteiger charge is -2.39. The number of hydrogen-bond acceptors (Lipinski definition) is 8. The predicted molar refractivity (Wildman–Crippen MR) is 216 cm³/mol. The summed E-state index contributed by atoms with van der Waals surface area (Å²) in [5, 5.41) is 23.6. The first-order chi connectivity index (χ1) is 27.0. The van der Waals surface area contributed by atoms with E-state index in [-0.39, 0.29) is 42.7 Å². The Morgan fingerprint density at radius 2 is 1.41 bits per heavy atom. The van der Waals surface area contributed by atoms with Gasteiger partial charge in [-0.2, -0.15) is 4.72 Å². The molecule has 56 heavy (non-hydrogen) atoms. The van der Waals surface area contributed by atoms with Crippen LogP contribution in [0.1, 0.15) is 70.8 Å². The number of aryl methyl sites for hydroxylation is 1. The topological polar surface area (TPSA) is 137 Å². The second-order valence-electron chi connectivity index (χ2n) is 14.5. The van der Waals surface area contributed by atoms with Gasteiger partial charge in [-0.15, -0.1) is 0 Å². The predicted octanol–water partition coefficient (Wildman–Crippen LogP) is 6.29. The Bertz CT molecular complexity index is 2100. The molecular weight excluding hydrogens is 727 g/mol. The van der Waals surface area contributed by atoms with E-state index in [1.54, 1.807) is 12.1 Å². The molecular formula is C45H51N3O7S. The molecule has 0 spiro atoms. The third kappa shape index (κ3) is 10.8. The molecule has 1 fully saturated rings. The molecule has 1 heterocycles. The first kappa shape index (κ1) is 40.9. The molecule has 0 radical (unpaired) electrons. The van der Waals surface area contributed by atoms with Crippen LogP contribution < -0.4 is 10.0 Å². The molecule has 5 aromatic rings. The maximum atomic E-state index is 13.6. The van der Waals surface area contributed by atoms with E-state index in [9.17, 15) is 23.4 Å². The van der Waals surface area contributed by atoms with Crippen LogP contribution in [0.2, 0.25) is 0 Å². The molecule has 1 saturated heterocycles. The smallest absolute Gasteiger partial charge is 0.241 e. The van der Waals surface area contributed by atoms with Gasteiger partial charge in [-0.05, 0) is 67.3 Å². The van der Waals surface area contributed by atoms with Gasteiger partial charge < -0.3 is 25.0 Å². The van der Waals surface area contributed by atoms with Crippen molar-refractivity contribution in [3.05, 3.63) is 172 Å². The van der Waals surface area contributed by atoms with Gasteiger partial charge in [0.1, 0.15) is 6.04 Å². The number of nitrogens with zero attached hydrogens (tertiary/aromatic N) is 1. The maximum Gasteiger partial charge on any atom is 0.241 e. The molecule has 0 aliphatic carbocycles. The molecule has 6 rings (SSSR count). The average Bonchev–Trinajstić information content (AvgIpc) is 3.23. The summed E-state index contributed by atoms with van der Waals surface area (Å²) in [4.78, 5) is 15.8. The van der Waals surface area contributed by atoms with Crippen LogP contribution >= 0.6 is 0 Å². The fraction of sp³-hybridized carbons (Fsp3) is 0.311. The first-order valence-corrected chi connectivity index (χ1v) is 20.4. The van der Waals surface area contributed by atoms with Gasteiger partial charge >= 0.3 is 0 Å². The van der Waals surface area contributed by atoms with Gasteiger partial charge in [-0.3, -0.25) is 9.69 Å². The minimum Gasteiger partial charge on any atom is -0.392 e. The number of carbonyl (C=O) groups is 1. The van der Waals surface area contributed by atoms with E-state index in [1.165, 1.54) is 12.1 Å². The van der Waals surface area contributed by atoms with Crippen LogP contribution in [0.15, 0.2) is 138 Å². The summed E-state index contributed by atoms with van der Waals surface area (Å²) in [7, 11) is -1.99. The number of benzene rings is 5. The normalized spacial score (nSPS) is 18.9. The van der Waals surface area contributed by atoms with Crippen LogP contribution in [0.25, 0.3) is 0 Å². The van der Waals surface area contributed by atoms with Crippen molar-refractivity contribution in [2.75, 3.05) is 13.6 Å². The first-order valence-electron chi connectivity index (χ1n) is 18.9. The SMILES string of the molecule is Cc1ccc(S(=O)(=O)N[C@H](Cc2ccccc2)C(=O)NCc2ccc([C@H]3O[C@@H](CN(C)[C@@H](C)[C@H](O)c4ccccc4)C[C@@H](c4ccc(CO)cc4)O3)cc2)cc1. The van der Waals surface area contributed by atoms with E-state index in [2.05, 4.69) is 14.9 Å². The van der Waals surface area contributed by atoms with E-state index in [4.69, 9.17) is 9.47 Å². The molecule has 0 saturated carbocycles. The number of carbonyl (C=O) groups excluding carboxylic acids is 1. The van der Waals surface area contributed by atoms with Crippen molar-refractivity contribution in [2.45, 2.75) is 81.4 Å². The van der Waals surface area contributed by atoms with Crippen LogP contribution in [-0.2, 0) is 43.9 Å². The molecule has 1 amide bonds. The van der Waals surface area contributed by atoms with Crippen LogP contribution in [0.5, 0.6) is 0 Å². The Balaban J connectivity index is 1.14. The lowest BCUT2D eigenvalue weighted by atomic mass is 9.98. The minimum absolute atomic E-state index is 0.0455. The van der Waals surface area contributed by atoms with Crippen molar-refractivity contribution in [1.29, 1.82) is 0 Å². The molecule has 11 heteroatoms. The monoisotopic (exact) mass is 777 g/mol. The van der Waals surface area contributed by atoms with Gasteiger partial charge in [0.2, 0.25) is 15.9 Å². The Kier molecular flexibility index (Phi) is 13.8. The summed E-state index contributed by atoms with van der Waals surface area (Å²) in [5.74, 6) is -0.443. The van der Waals surface area contributed by atoms with Crippen molar-refractivity contribution in [2.24, 2.45) is 0 Å². The van der Waals surface area contributed by atoms with Crippen LogP contribution in [0, 0.1) is 6.92 Å². The number of likely N-dealkylation sites (N-methyl/N-ethyl adjacent to an activating group) is 1. The van der Waals surface area contributed by atoms with Gasteiger partial charge in [0.05, 0.1) is 29.8 Å². The quantitative estimate of drug-likeness (QED) is 0.0918. The molecule has 0 bridgehead atoms. The third-order valence-corrected chi connectivity index (χ3v) is 11.8. The summed E-state index contributed by atoms with van der Waals surface area (Å²) >= 11 is 0. The molecule has 10 nitrogen and oxygen atoms in total. The highest BCUT2D eigenvalue weighted by atomic mass is 32.2. The van der Waals surface area contributed by atoms with Crippen molar-refractivity contribution in [3.63, 3.8) is 0 Å². The lowest BCUT2D eigenvalue weighted by Crippen LogP contribution is -2.47. The van der Waals surface area contributed by atoms with E-state index in [1.807, 2.05) is 130 Å². The number of amides is 1. The van der Waals surface area contributed by atoms with Gasteiger partial charge in [-0.25, -0.2) is 8.42 Å². The van der Waals surface area contributed by atoms with Crippen molar-refractivity contribution >= 4 is 15.9 Å². The van der Waals surface area contributed by atoms with Crippen molar-refractivity contribution < 1.29 is 32.9 Å². The maximum absolute atomic E-state index is 13.6.